The highest BCUT2D eigenvalue weighted by Gasteiger charge is 2.31. The quantitative estimate of drug-likeness (QED) is 0.783. The molecular formula is C14H17NO2. The molecule has 0 radical (unpaired) electrons. The van der Waals surface area contributed by atoms with Gasteiger partial charge in [-0.05, 0) is 20.8 Å². The van der Waals surface area contributed by atoms with E-state index in [1.54, 1.807) is 11.0 Å². The van der Waals surface area contributed by atoms with Gasteiger partial charge in [-0.25, -0.2) is 0 Å². The van der Waals surface area contributed by atoms with Crippen LogP contribution in [0.2, 0.25) is 0 Å². The van der Waals surface area contributed by atoms with Gasteiger partial charge >= 0.3 is 0 Å². The Kier molecular flexibility index (Phi) is 3.18. The van der Waals surface area contributed by atoms with Gasteiger partial charge in [0.25, 0.3) is 5.91 Å². The third kappa shape index (κ3) is 2.33. The molecule has 2 rings (SSSR count). The van der Waals surface area contributed by atoms with Crippen LogP contribution >= 0.6 is 0 Å². The summed E-state index contributed by atoms with van der Waals surface area (Å²) in [6.45, 7) is 5.79. The Morgan fingerprint density at radius 3 is 2.47 bits per heavy atom. The Hall–Kier alpha value is -1.77. The highest BCUT2D eigenvalue weighted by molar-refractivity contribution is 5.89. The van der Waals surface area contributed by atoms with Crippen molar-refractivity contribution in [1.29, 1.82) is 0 Å². The van der Waals surface area contributed by atoms with E-state index in [1.807, 2.05) is 51.1 Å². The predicted octanol–water partition coefficient (Wildman–Crippen LogP) is 2.86. The number of allylic oxidation sites excluding steroid dienone is 1. The molecule has 1 aromatic carbocycles. The number of carbonyl (C=O) groups excluding carboxylic acids is 1. The van der Waals surface area contributed by atoms with Crippen LogP contribution in [0.4, 0.5) is 0 Å². The fraction of sp³-hybridized carbons (Fsp3) is 0.357. The molecule has 90 valence electrons. The van der Waals surface area contributed by atoms with Crippen LogP contribution in [-0.4, -0.2) is 16.8 Å². The zero-order valence-electron chi connectivity index (χ0n) is 10.4. The zero-order valence-corrected chi connectivity index (χ0v) is 10.4. The summed E-state index contributed by atoms with van der Waals surface area (Å²) in [6, 6.07) is 9.93. The molecular weight excluding hydrogens is 214 g/mol. The number of benzene rings is 1. The van der Waals surface area contributed by atoms with Crippen LogP contribution in [0.15, 0.2) is 42.2 Å². The van der Waals surface area contributed by atoms with Crippen molar-refractivity contribution in [2.45, 2.75) is 33.0 Å². The molecule has 0 saturated carbocycles. The van der Waals surface area contributed by atoms with Crippen molar-refractivity contribution in [3.63, 3.8) is 0 Å². The van der Waals surface area contributed by atoms with Crippen LogP contribution in [0.3, 0.4) is 0 Å². The third-order valence-corrected chi connectivity index (χ3v) is 2.77. The van der Waals surface area contributed by atoms with Crippen LogP contribution in [0.25, 0.3) is 0 Å². The van der Waals surface area contributed by atoms with Crippen molar-refractivity contribution in [2.75, 3.05) is 0 Å². The molecule has 1 amide bonds. The molecule has 0 fully saturated rings. The van der Waals surface area contributed by atoms with Gasteiger partial charge in [0.1, 0.15) is 5.76 Å². The first-order valence-corrected chi connectivity index (χ1v) is 5.82. The lowest BCUT2D eigenvalue weighted by Gasteiger charge is -2.37. The summed E-state index contributed by atoms with van der Waals surface area (Å²) in [4.78, 5) is 13.8. The van der Waals surface area contributed by atoms with E-state index in [0.717, 1.165) is 5.56 Å². The van der Waals surface area contributed by atoms with Gasteiger partial charge in [-0.15, -0.1) is 0 Å². The second-order valence-electron chi connectivity index (χ2n) is 4.48. The number of ether oxygens (including phenoxy) is 1. The largest absolute Gasteiger partial charge is 0.471 e. The lowest BCUT2D eigenvalue weighted by molar-refractivity contribution is -0.146. The van der Waals surface area contributed by atoms with E-state index >= 15 is 0 Å². The van der Waals surface area contributed by atoms with Crippen molar-refractivity contribution >= 4 is 5.91 Å². The van der Waals surface area contributed by atoms with E-state index in [1.165, 1.54) is 0 Å². The van der Waals surface area contributed by atoms with Crippen molar-refractivity contribution < 1.29 is 9.53 Å². The molecule has 0 bridgehead atoms. The van der Waals surface area contributed by atoms with E-state index in [4.69, 9.17) is 4.74 Å². The molecule has 0 aromatic heterocycles. The standard InChI is InChI=1S/C14H17NO2/c1-10(2)15-13(16)9-11(3)17-14(15)12-7-5-4-6-8-12/h4-10,14H,1-3H3. The van der Waals surface area contributed by atoms with E-state index in [9.17, 15) is 4.79 Å². The Morgan fingerprint density at radius 1 is 1.24 bits per heavy atom. The van der Waals surface area contributed by atoms with Crippen LogP contribution < -0.4 is 0 Å². The molecule has 1 aliphatic rings. The summed E-state index contributed by atoms with van der Waals surface area (Å²) >= 11 is 0. The monoisotopic (exact) mass is 231 g/mol. The van der Waals surface area contributed by atoms with E-state index in [-0.39, 0.29) is 18.2 Å². The predicted molar refractivity (Wildman–Crippen MR) is 66.0 cm³/mol. The fourth-order valence-electron chi connectivity index (χ4n) is 2.00. The Morgan fingerprint density at radius 2 is 1.88 bits per heavy atom. The smallest absolute Gasteiger partial charge is 0.253 e. The number of rotatable bonds is 2. The molecule has 1 aromatic rings. The SMILES string of the molecule is CC1=CC(=O)N(C(C)C)C(c2ccccc2)O1. The van der Waals surface area contributed by atoms with Crippen molar-refractivity contribution in [2.24, 2.45) is 0 Å². The maximum Gasteiger partial charge on any atom is 0.253 e. The molecule has 0 saturated heterocycles. The molecule has 17 heavy (non-hydrogen) atoms. The highest BCUT2D eigenvalue weighted by atomic mass is 16.5. The van der Waals surface area contributed by atoms with Gasteiger partial charge in [-0.2, -0.15) is 0 Å². The molecule has 3 nitrogen and oxygen atoms in total. The molecule has 1 unspecified atom stereocenters. The molecule has 0 aliphatic carbocycles. The summed E-state index contributed by atoms with van der Waals surface area (Å²) in [5, 5.41) is 0. The molecule has 3 heteroatoms. The van der Waals surface area contributed by atoms with E-state index < -0.39 is 0 Å². The van der Waals surface area contributed by atoms with Gasteiger partial charge in [0.05, 0.1) is 0 Å². The normalized spacial score (nSPS) is 20.2. The van der Waals surface area contributed by atoms with E-state index in [0.29, 0.717) is 5.76 Å². The molecule has 1 atom stereocenters. The summed E-state index contributed by atoms with van der Waals surface area (Å²) in [7, 11) is 0. The van der Waals surface area contributed by atoms with Crippen molar-refractivity contribution in [3.05, 3.63) is 47.7 Å². The lowest BCUT2D eigenvalue weighted by Crippen LogP contribution is -2.42. The van der Waals surface area contributed by atoms with Crippen LogP contribution in [0.1, 0.15) is 32.6 Å². The minimum atomic E-state index is -0.311. The maximum absolute atomic E-state index is 12.0. The van der Waals surface area contributed by atoms with Crippen molar-refractivity contribution in [1.82, 2.24) is 4.90 Å². The Labute approximate surface area is 102 Å². The van der Waals surface area contributed by atoms with Gasteiger partial charge < -0.3 is 4.74 Å². The van der Waals surface area contributed by atoms with Gasteiger partial charge in [-0.1, -0.05) is 30.3 Å². The van der Waals surface area contributed by atoms with Crippen LogP contribution in [0.5, 0.6) is 0 Å². The first-order valence-electron chi connectivity index (χ1n) is 5.82. The second kappa shape index (κ2) is 4.62. The van der Waals surface area contributed by atoms with E-state index in [2.05, 4.69) is 0 Å². The topological polar surface area (TPSA) is 29.5 Å². The van der Waals surface area contributed by atoms with Gasteiger partial charge in [0.15, 0.2) is 0 Å². The first-order chi connectivity index (χ1) is 8.09. The fourth-order valence-corrected chi connectivity index (χ4v) is 2.00. The minimum absolute atomic E-state index is 0.0117. The Bertz CT molecular complexity index is 437. The average molecular weight is 231 g/mol. The number of hydrogen-bond donors (Lipinski definition) is 0. The molecule has 1 aliphatic heterocycles. The average Bonchev–Trinajstić information content (AvgIpc) is 2.28. The first kappa shape index (κ1) is 11.7. The molecule has 1 heterocycles. The summed E-state index contributed by atoms with van der Waals surface area (Å²) in [5.41, 5.74) is 1.00. The number of hydrogen-bond acceptors (Lipinski definition) is 2. The van der Waals surface area contributed by atoms with Crippen LogP contribution in [0, 0.1) is 0 Å². The van der Waals surface area contributed by atoms with Gasteiger partial charge in [-0.3, -0.25) is 9.69 Å². The summed E-state index contributed by atoms with van der Waals surface area (Å²) in [6.07, 6.45) is 1.23. The second-order valence-corrected chi connectivity index (χ2v) is 4.48. The maximum atomic E-state index is 12.0. The molecule has 0 spiro atoms. The van der Waals surface area contributed by atoms with Crippen LogP contribution in [-0.2, 0) is 9.53 Å². The van der Waals surface area contributed by atoms with Gasteiger partial charge in [0.2, 0.25) is 6.23 Å². The minimum Gasteiger partial charge on any atom is -0.471 e. The Balaban J connectivity index is 2.37. The van der Waals surface area contributed by atoms with Gasteiger partial charge in [0, 0.05) is 17.7 Å². The molecule has 0 N–H and O–H groups in total. The highest BCUT2D eigenvalue weighted by Crippen LogP contribution is 2.30. The third-order valence-electron chi connectivity index (χ3n) is 2.77. The summed E-state index contributed by atoms with van der Waals surface area (Å²) < 4.78 is 5.78. The number of carbonyl (C=O) groups is 1. The zero-order chi connectivity index (χ0) is 12.4. The lowest BCUT2D eigenvalue weighted by atomic mass is 10.1. The summed E-state index contributed by atoms with van der Waals surface area (Å²) in [5.74, 6) is 0.679. The number of amides is 1. The number of nitrogens with zero attached hydrogens (tertiary/aromatic N) is 1. The van der Waals surface area contributed by atoms with Crippen molar-refractivity contribution in [3.8, 4) is 0 Å².